The van der Waals surface area contributed by atoms with Crippen LogP contribution in [0.15, 0.2) is 42.5 Å². The minimum absolute atomic E-state index is 0.0173. The lowest BCUT2D eigenvalue weighted by molar-refractivity contribution is -0.128. The van der Waals surface area contributed by atoms with Crippen LogP contribution >= 0.6 is 0 Å². The van der Waals surface area contributed by atoms with Gasteiger partial charge in [0.1, 0.15) is 11.8 Å². The fraction of sp³-hybridized carbons (Fsp3) is 0.200. The number of hydrogen-bond acceptors (Lipinski definition) is 3. The molecule has 1 heterocycles. The molecule has 1 saturated heterocycles. The number of fused-ring (bicyclic) bond motifs is 1. The Balaban J connectivity index is 1.66. The van der Waals surface area contributed by atoms with E-state index in [1.807, 2.05) is 48.5 Å². The van der Waals surface area contributed by atoms with E-state index in [1.165, 1.54) is 4.90 Å². The molecule has 94 valence electrons. The van der Waals surface area contributed by atoms with Crippen LogP contribution in [0.2, 0.25) is 0 Å². The molecule has 4 heteroatoms. The van der Waals surface area contributed by atoms with Crippen LogP contribution in [0, 0.1) is 11.3 Å². The number of nitrogens with zero attached hydrogens (tertiary/aromatic N) is 2. The van der Waals surface area contributed by atoms with Crippen molar-refractivity contribution in [3.8, 4) is 11.8 Å². The van der Waals surface area contributed by atoms with E-state index in [9.17, 15) is 4.79 Å². The van der Waals surface area contributed by atoms with E-state index in [4.69, 9.17) is 10.00 Å². The van der Waals surface area contributed by atoms with E-state index in [0.29, 0.717) is 12.3 Å². The third-order valence-electron chi connectivity index (χ3n) is 3.16. The van der Waals surface area contributed by atoms with Crippen molar-refractivity contribution in [3.63, 3.8) is 0 Å². The zero-order valence-electron chi connectivity index (χ0n) is 10.2. The second-order valence-corrected chi connectivity index (χ2v) is 4.49. The first kappa shape index (κ1) is 11.5. The summed E-state index contributed by atoms with van der Waals surface area (Å²) in [4.78, 5) is 13.2. The number of hydrogen-bond donors (Lipinski definition) is 0. The molecule has 2 aromatic rings. The predicted octanol–water partition coefficient (Wildman–Crippen LogP) is 1.95. The summed E-state index contributed by atoms with van der Waals surface area (Å²) in [6.45, 7) is 0.507. The Morgan fingerprint density at radius 1 is 1.32 bits per heavy atom. The lowest BCUT2D eigenvalue weighted by Crippen LogP contribution is -2.21. The van der Waals surface area contributed by atoms with Crippen molar-refractivity contribution >= 4 is 16.7 Å². The SMILES string of the molecule is N#CC1CN1C(=O)COc1ccc2ccccc2c1. The first-order valence-electron chi connectivity index (χ1n) is 6.08. The van der Waals surface area contributed by atoms with Gasteiger partial charge in [-0.1, -0.05) is 30.3 Å². The maximum atomic E-state index is 11.7. The number of carbonyl (C=O) groups excluding carboxylic acids is 1. The van der Waals surface area contributed by atoms with Gasteiger partial charge >= 0.3 is 0 Å². The normalized spacial score (nSPS) is 17.0. The Morgan fingerprint density at radius 2 is 2.11 bits per heavy atom. The van der Waals surface area contributed by atoms with Crippen LogP contribution in [-0.2, 0) is 4.79 Å². The number of rotatable bonds is 3. The van der Waals surface area contributed by atoms with Crippen LogP contribution in [0.5, 0.6) is 5.75 Å². The van der Waals surface area contributed by atoms with Crippen molar-refractivity contribution < 1.29 is 9.53 Å². The Labute approximate surface area is 110 Å². The predicted molar refractivity (Wildman–Crippen MR) is 70.6 cm³/mol. The van der Waals surface area contributed by atoms with Gasteiger partial charge in [-0.05, 0) is 22.9 Å². The first-order valence-corrected chi connectivity index (χ1v) is 6.08. The second kappa shape index (κ2) is 4.62. The molecule has 1 fully saturated rings. The summed E-state index contributed by atoms with van der Waals surface area (Å²) in [5.41, 5.74) is 0. The van der Waals surface area contributed by atoms with E-state index >= 15 is 0 Å². The molecule has 0 N–H and O–H groups in total. The van der Waals surface area contributed by atoms with Crippen molar-refractivity contribution in [1.82, 2.24) is 4.90 Å². The summed E-state index contributed by atoms with van der Waals surface area (Å²) in [6, 6.07) is 15.5. The zero-order chi connectivity index (χ0) is 13.2. The molecule has 1 amide bonds. The molecule has 1 aliphatic heterocycles. The van der Waals surface area contributed by atoms with Gasteiger partial charge in [0.25, 0.3) is 5.91 Å². The summed E-state index contributed by atoms with van der Waals surface area (Å²) in [7, 11) is 0. The van der Waals surface area contributed by atoms with Gasteiger partial charge in [0.15, 0.2) is 6.61 Å². The molecular weight excluding hydrogens is 240 g/mol. The highest BCUT2D eigenvalue weighted by Gasteiger charge is 2.38. The van der Waals surface area contributed by atoms with Crippen LogP contribution in [0.25, 0.3) is 10.8 Å². The van der Waals surface area contributed by atoms with Crippen molar-refractivity contribution in [1.29, 1.82) is 5.26 Å². The van der Waals surface area contributed by atoms with Crippen LogP contribution in [-0.4, -0.2) is 30.0 Å². The third kappa shape index (κ3) is 2.36. The number of carbonyl (C=O) groups is 1. The van der Waals surface area contributed by atoms with E-state index in [2.05, 4.69) is 0 Å². The van der Waals surface area contributed by atoms with Crippen molar-refractivity contribution in [2.24, 2.45) is 0 Å². The van der Waals surface area contributed by atoms with E-state index in [1.54, 1.807) is 0 Å². The molecule has 1 atom stereocenters. The van der Waals surface area contributed by atoms with Gasteiger partial charge in [0, 0.05) is 0 Å². The van der Waals surface area contributed by atoms with Gasteiger partial charge < -0.3 is 9.64 Å². The Bertz CT molecular complexity index is 675. The fourth-order valence-electron chi connectivity index (χ4n) is 2.01. The second-order valence-electron chi connectivity index (χ2n) is 4.49. The Morgan fingerprint density at radius 3 is 2.84 bits per heavy atom. The standard InChI is InChI=1S/C15H12N2O2/c16-8-13-9-17(13)15(18)10-19-14-6-5-11-3-1-2-4-12(11)7-14/h1-7,13H,9-10H2. The molecule has 1 unspecified atom stereocenters. The lowest BCUT2D eigenvalue weighted by atomic mass is 10.1. The quantitative estimate of drug-likeness (QED) is 0.784. The van der Waals surface area contributed by atoms with E-state index in [-0.39, 0.29) is 18.6 Å². The van der Waals surface area contributed by atoms with Crippen LogP contribution in [0.3, 0.4) is 0 Å². The summed E-state index contributed by atoms with van der Waals surface area (Å²) < 4.78 is 5.47. The highest BCUT2D eigenvalue weighted by molar-refractivity contribution is 5.84. The maximum absolute atomic E-state index is 11.7. The average molecular weight is 252 g/mol. The van der Waals surface area contributed by atoms with Crippen molar-refractivity contribution in [2.45, 2.75) is 6.04 Å². The molecule has 0 aliphatic carbocycles. The fourth-order valence-corrected chi connectivity index (χ4v) is 2.01. The number of nitriles is 1. The molecule has 0 bridgehead atoms. The van der Waals surface area contributed by atoms with Gasteiger partial charge in [-0.25, -0.2) is 0 Å². The summed E-state index contributed by atoms with van der Waals surface area (Å²) >= 11 is 0. The maximum Gasteiger partial charge on any atom is 0.261 e. The average Bonchev–Trinajstić information content (AvgIpc) is 3.24. The van der Waals surface area contributed by atoms with Gasteiger partial charge in [0.05, 0.1) is 12.6 Å². The molecular formula is C15H12N2O2. The van der Waals surface area contributed by atoms with E-state index in [0.717, 1.165) is 10.8 Å². The van der Waals surface area contributed by atoms with Gasteiger partial charge in [-0.15, -0.1) is 0 Å². The molecule has 3 rings (SSSR count). The molecule has 19 heavy (non-hydrogen) atoms. The minimum Gasteiger partial charge on any atom is -0.484 e. The van der Waals surface area contributed by atoms with Crippen molar-refractivity contribution in [2.75, 3.05) is 13.2 Å². The van der Waals surface area contributed by atoms with Gasteiger partial charge in [-0.3, -0.25) is 4.79 Å². The number of benzene rings is 2. The molecule has 0 aromatic heterocycles. The third-order valence-corrected chi connectivity index (χ3v) is 3.16. The molecule has 2 aromatic carbocycles. The van der Waals surface area contributed by atoms with E-state index < -0.39 is 0 Å². The first-order chi connectivity index (χ1) is 9.28. The summed E-state index contributed by atoms with van der Waals surface area (Å²) in [5, 5.41) is 10.9. The highest BCUT2D eigenvalue weighted by atomic mass is 16.5. The molecule has 0 spiro atoms. The lowest BCUT2D eigenvalue weighted by Gasteiger charge is -2.07. The van der Waals surface area contributed by atoms with Crippen LogP contribution in [0.4, 0.5) is 0 Å². The minimum atomic E-state index is -0.257. The van der Waals surface area contributed by atoms with Gasteiger partial charge in [0.2, 0.25) is 0 Å². The summed E-state index contributed by atoms with van der Waals surface area (Å²) in [6.07, 6.45) is 0. The van der Waals surface area contributed by atoms with Crippen molar-refractivity contribution in [3.05, 3.63) is 42.5 Å². The monoisotopic (exact) mass is 252 g/mol. The number of ether oxygens (including phenoxy) is 1. The number of amides is 1. The molecule has 4 nitrogen and oxygen atoms in total. The Hall–Kier alpha value is -2.54. The highest BCUT2D eigenvalue weighted by Crippen LogP contribution is 2.21. The molecule has 1 aliphatic rings. The summed E-state index contributed by atoms with van der Waals surface area (Å²) in [5.74, 6) is 0.530. The Kier molecular flexibility index (Phi) is 2.81. The molecule has 0 radical (unpaired) electrons. The molecule has 0 saturated carbocycles. The largest absolute Gasteiger partial charge is 0.484 e. The zero-order valence-corrected chi connectivity index (χ0v) is 10.2. The van der Waals surface area contributed by atoms with Gasteiger partial charge in [-0.2, -0.15) is 5.26 Å². The smallest absolute Gasteiger partial charge is 0.261 e. The van der Waals surface area contributed by atoms with Crippen LogP contribution in [0.1, 0.15) is 0 Å². The topological polar surface area (TPSA) is 53.1 Å². The van der Waals surface area contributed by atoms with Crippen LogP contribution < -0.4 is 4.74 Å².